The predicted octanol–water partition coefficient (Wildman–Crippen LogP) is 0.480. The number of ether oxygens (including phenoxy) is 1. The van der Waals surface area contributed by atoms with Crippen LogP contribution in [0, 0.1) is 13.8 Å². The van der Waals surface area contributed by atoms with Crippen LogP contribution in [0.25, 0.3) is 0 Å². The summed E-state index contributed by atoms with van der Waals surface area (Å²) in [6, 6.07) is 4.28. The van der Waals surface area contributed by atoms with Gasteiger partial charge in [-0.05, 0) is 31.5 Å². The summed E-state index contributed by atoms with van der Waals surface area (Å²) in [7, 11) is -2.22. The van der Waals surface area contributed by atoms with Gasteiger partial charge in [-0.25, -0.2) is 18.4 Å². The summed E-state index contributed by atoms with van der Waals surface area (Å²) >= 11 is 0. The van der Waals surface area contributed by atoms with E-state index < -0.39 is 28.5 Å². The molecule has 0 saturated carbocycles. The van der Waals surface area contributed by atoms with Gasteiger partial charge in [-0.3, -0.25) is 9.48 Å². The van der Waals surface area contributed by atoms with E-state index in [2.05, 4.69) is 10.4 Å². The van der Waals surface area contributed by atoms with Crippen molar-refractivity contribution in [1.82, 2.24) is 9.78 Å². The van der Waals surface area contributed by atoms with Gasteiger partial charge in [0.25, 0.3) is 5.91 Å². The van der Waals surface area contributed by atoms with Crippen molar-refractivity contribution in [3.05, 3.63) is 41.2 Å². The number of hydrogen-bond acceptors (Lipinski definition) is 6. The number of benzene rings is 1. The number of primary sulfonamides is 1. The molecule has 134 valence electrons. The Bertz CT molecular complexity index is 933. The molecule has 0 saturated heterocycles. The van der Waals surface area contributed by atoms with E-state index >= 15 is 0 Å². The quantitative estimate of drug-likeness (QED) is 0.739. The van der Waals surface area contributed by atoms with Crippen LogP contribution in [-0.4, -0.2) is 36.7 Å². The van der Waals surface area contributed by atoms with Crippen LogP contribution in [0.4, 0.5) is 5.69 Å². The first-order chi connectivity index (χ1) is 11.6. The minimum absolute atomic E-state index is 0.0896. The van der Waals surface area contributed by atoms with Crippen molar-refractivity contribution in [2.75, 3.05) is 11.9 Å². The second-order valence-corrected chi connectivity index (χ2v) is 6.95. The van der Waals surface area contributed by atoms with Gasteiger partial charge in [0.05, 0.1) is 11.1 Å². The minimum atomic E-state index is -3.90. The smallest absolute Gasteiger partial charge is 0.342 e. The van der Waals surface area contributed by atoms with E-state index in [1.165, 1.54) is 29.1 Å². The van der Waals surface area contributed by atoms with Gasteiger partial charge < -0.3 is 10.1 Å². The molecule has 2 rings (SSSR count). The van der Waals surface area contributed by atoms with Gasteiger partial charge in [0, 0.05) is 18.4 Å². The van der Waals surface area contributed by atoms with Crippen molar-refractivity contribution in [3.8, 4) is 0 Å². The maximum Gasteiger partial charge on any atom is 0.342 e. The zero-order valence-corrected chi connectivity index (χ0v) is 14.8. The van der Waals surface area contributed by atoms with Crippen LogP contribution in [0.3, 0.4) is 0 Å². The van der Waals surface area contributed by atoms with E-state index in [-0.39, 0.29) is 16.1 Å². The molecule has 0 radical (unpaired) electrons. The second-order valence-electron chi connectivity index (χ2n) is 5.42. The predicted molar refractivity (Wildman–Crippen MR) is 89.4 cm³/mol. The fraction of sp³-hybridized carbons (Fsp3) is 0.267. The molecule has 9 nitrogen and oxygen atoms in total. The van der Waals surface area contributed by atoms with E-state index in [4.69, 9.17) is 9.88 Å². The zero-order chi connectivity index (χ0) is 18.8. The standard InChI is InChI=1S/C15H18N4O5S/c1-9-4-5-11(6-13(9)25(16,22)23)18-14(20)8-24-15(21)12-7-17-19(3)10(12)2/h4-7H,8H2,1-3H3,(H,18,20)(H2,16,22,23). The molecule has 0 spiro atoms. The summed E-state index contributed by atoms with van der Waals surface area (Å²) in [6.07, 6.45) is 1.36. The van der Waals surface area contributed by atoms with E-state index in [1.807, 2.05) is 0 Å². The van der Waals surface area contributed by atoms with Gasteiger partial charge in [-0.15, -0.1) is 0 Å². The molecule has 2 aromatic rings. The Morgan fingerprint density at radius 1 is 1.32 bits per heavy atom. The maximum absolute atomic E-state index is 11.9. The summed E-state index contributed by atoms with van der Waals surface area (Å²) in [4.78, 5) is 23.7. The van der Waals surface area contributed by atoms with Gasteiger partial charge >= 0.3 is 5.97 Å². The molecular formula is C15H18N4O5S. The lowest BCUT2D eigenvalue weighted by atomic mass is 10.2. The third kappa shape index (κ3) is 4.43. The van der Waals surface area contributed by atoms with Crippen LogP contribution < -0.4 is 10.5 Å². The van der Waals surface area contributed by atoms with Crippen LogP contribution in [0.15, 0.2) is 29.3 Å². The Morgan fingerprint density at radius 2 is 2.00 bits per heavy atom. The number of anilines is 1. The number of carbonyl (C=O) groups excluding carboxylic acids is 2. The highest BCUT2D eigenvalue weighted by atomic mass is 32.2. The molecule has 1 aromatic heterocycles. The van der Waals surface area contributed by atoms with E-state index in [0.717, 1.165) is 0 Å². The number of hydrogen-bond donors (Lipinski definition) is 2. The highest BCUT2D eigenvalue weighted by Gasteiger charge is 2.17. The highest BCUT2D eigenvalue weighted by Crippen LogP contribution is 2.19. The topological polar surface area (TPSA) is 133 Å². The first-order valence-electron chi connectivity index (χ1n) is 7.18. The Kier molecular flexibility index (Phi) is 5.24. The first kappa shape index (κ1) is 18.6. The molecule has 1 amide bonds. The number of carbonyl (C=O) groups is 2. The molecule has 0 unspecified atom stereocenters. The fourth-order valence-electron chi connectivity index (χ4n) is 2.09. The lowest BCUT2D eigenvalue weighted by Crippen LogP contribution is -2.21. The monoisotopic (exact) mass is 366 g/mol. The van der Waals surface area contributed by atoms with Crippen LogP contribution in [0.5, 0.6) is 0 Å². The van der Waals surface area contributed by atoms with Crippen molar-refractivity contribution in [2.24, 2.45) is 12.2 Å². The number of nitrogens with one attached hydrogen (secondary N) is 1. The highest BCUT2D eigenvalue weighted by molar-refractivity contribution is 7.89. The summed E-state index contributed by atoms with van der Waals surface area (Å²) < 4.78 is 29.4. The van der Waals surface area contributed by atoms with Crippen LogP contribution in [0.1, 0.15) is 21.6 Å². The lowest BCUT2D eigenvalue weighted by molar-refractivity contribution is -0.119. The molecule has 3 N–H and O–H groups in total. The average Bonchev–Trinajstić information content (AvgIpc) is 2.85. The number of rotatable bonds is 5. The fourth-order valence-corrected chi connectivity index (χ4v) is 2.90. The molecule has 0 atom stereocenters. The van der Waals surface area contributed by atoms with Crippen molar-refractivity contribution in [1.29, 1.82) is 0 Å². The first-order valence-corrected chi connectivity index (χ1v) is 8.73. The maximum atomic E-state index is 11.9. The molecule has 25 heavy (non-hydrogen) atoms. The Hall–Kier alpha value is -2.72. The SMILES string of the molecule is Cc1ccc(NC(=O)COC(=O)c2cnn(C)c2C)cc1S(N)(=O)=O. The number of aromatic nitrogens is 2. The van der Waals surface area contributed by atoms with Crippen molar-refractivity contribution in [3.63, 3.8) is 0 Å². The summed E-state index contributed by atoms with van der Waals surface area (Å²) in [5.41, 5.74) is 1.57. The van der Waals surface area contributed by atoms with Gasteiger partial charge in [0.15, 0.2) is 6.61 Å². The van der Waals surface area contributed by atoms with E-state index in [1.54, 1.807) is 20.9 Å². The molecule has 10 heteroatoms. The zero-order valence-electron chi connectivity index (χ0n) is 13.9. The van der Waals surface area contributed by atoms with E-state index in [9.17, 15) is 18.0 Å². The van der Waals surface area contributed by atoms with Gasteiger partial charge in [-0.2, -0.15) is 5.10 Å². The van der Waals surface area contributed by atoms with Gasteiger partial charge in [0.2, 0.25) is 10.0 Å². The molecular weight excluding hydrogens is 348 g/mol. The second kappa shape index (κ2) is 7.03. The summed E-state index contributed by atoms with van der Waals surface area (Å²) in [5.74, 6) is -1.28. The molecule has 1 aromatic carbocycles. The largest absolute Gasteiger partial charge is 0.452 e. The summed E-state index contributed by atoms with van der Waals surface area (Å²) in [5, 5.41) is 11.5. The Morgan fingerprint density at radius 3 is 2.56 bits per heavy atom. The molecule has 0 bridgehead atoms. The number of sulfonamides is 1. The molecule has 0 aliphatic heterocycles. The molecule has 0 fully saturated rings. The molecule has 0 aliphatic carbocycles. The summed E-state index contributed by atoms with van der Waals surface area (Å²) in [6.45, 7) is 2.76. The van der Waals surface area contributed by atoms with Crippen LogP contribution >= 0.6 is 0 Å². The van der Waals surface area contributed by atoms with Gasteiger partial charge in [-0.1, -0.05) is 6.07 Å². The normalized spacial score (nSPS) is 11.2. The lowest BCUT2D eigenvalue weighted by Gasteiger charge is -2.09. The van der Waals surface area contributed by atoms with Crippen molar-refractivity contribution >= 4 is 27.6 Å². The minimum Gasteiger partial charge on any atom is -0.452 e. The third-order valence-electron chi connectivity index (χ3n) is 3.57. The van der Waals surface area contributed by atoms with Crippen molar-refractivity contribution < 1.29 is 22.7 Å². The number of amides is 1. The molecule has 0 aliphatic rings. The Labute approximate surface area is 144 Å². The van der Waals surface area contributed by atoms with Crippen LogP contribution in [-0.2, 0) is 26.6 Å². The average molecular weight is 366 g/mol. The number of nitrogens with zero attached hydrogens (tertiary/aromatic N) is 2. The Balaban J connectivity index is 2.01. The number of nitrogens with two attached hydrogens (primary N) is 1. The molecule has 1 heterocycles. The van der Waals surface area contributed by atoms with Crippen molar-refractivity contribution in [2.45, 2.75) is 18.7 Å². The number of esters is 1. The van der Waals surface area contributed by atoms with Crippen LogP contribution in [0.2, 0.25) is 0 Å². The number of aryl methyl sites for hydroxylation is 2. The van der Waals surface area contributed by atoms with E-state index in [0.29, 0.717) is 11.3 Å². The third-order valence-corrected chi connectivity index (χ3v) is 4.62. The van der Waals surface area contributed by atoms with Gasteiger partial charge in [0.1, 0.15) is 5.56 Å².